The van der Waals surface area contributed by atoms with Crippen molar-refractivity contribution >= 4 is 22.5 Å². The van der Waals surface area contributed by atoms with Crippen LogP contribution in [-0.4, -0.2) is 44.1 Å². The van der Waals surface area contributed by atoms with Crippen LogP contribution in [-0.2, 0) is 0 Å². The number of likely N-dealkylation sites (tertiary alicyclic amines) is 1. The van der Waals surface area contributed by atoms with E-state index in [1.165, 1.54) is 5.69 Å². The van der Waals surface area contributed by atoms with Crippen molar-refractivity contribution < 1.29 is 0 Å². The Bertz CT molecular complexity index is 1570. The van der Waals surface area contributed by atoms with Crippen molar-refractivity contribution in [1.29, 1.82) is 0 Å². The molecular formula is C28H24ClN5O. The number of benzene rings is 2. The molecule has 0 bridgehead atoms. The van der Waals surface area contributed by atoms with Crippen LogP contribution < -0.4 is 5.56 Å². The minimum absolute atomic E-state index is 0.163. The maximum atomic E-state index is 13.5. The molecule has 0 N–H and O–H groups in total. The van der Waals surface area contributed by atoms with Crippen molar-refractivity contribution in [1.82, 2.24) is 24.0 Å². The lowest BCUT2D eigenvalue weighted by Crippen LogP contribution is -2.22. The smallest absolute Gasteiger partial charge is 0.267 e. The summed E-state index contributed by atoms with van der Waals surface area (Å²) in [5.41, 5.74) is 3.66. The number of fused-ring (bicyclic) bond motifs is 1. The Morgan fingerprint density at radius 1 is 0.943 bits per heavy atom. The maximum absolute atomic E-state index is 13.5. The predicted octanol–water partition coefficient (Wildman–Crippen LogP) is 5.45. The van der Waals surface area contributed by atoms with Crippen molar-refractivity contribution in [2.24, 2.45) is 0 Å². The molecule has 1 saturated heterocycles. The molecule has 35 heavy (non-hydrogen) atoms. The van der Waals surface area contributed by atoms with Gasteiger partial charge in [-0.15, -0.1) is 0 Å². The van der Waals surface area contributed by atoms with Crippen LogP contribution in [0.1, 0.15) is 12.5 Å². The molecule has 0 saturated carbocycles. The molecule has 0 amide bonds. The molecule has 6 rings (SSSR count). The fraction of sp³-hybridized carbons (Fsp3) is 0.179. The van der Waals surface area contributed by atoms with Gasteiger partial charge in [-0.1, -0.05) is 48.0 Å². The molecule has 0 radical (unpaired) electrons. The second kappa shape index (κ2) is 8.80. The minimum atomic E-state index is -0.163. The van der Waals surface area contributed by atoms with Crippen LogP contribution in [0.15, 0.2) is 90.0 Å². The van der Waals surface area contributed by atoms with E-state index in [0.29, 0.717) is 33.6 Å². The van der Waals surface area contributed by atoms with E-state index in [1.807, 2.05) is 30.3 Å². The van der Waals surface area contributed by atoms with E-state index in [0.717, 1.165) is 30.6 Å². The van der Waals surface area contributed by atoms with Crippen molar-refractivity contribution in [2.45, 2.75) is 12.5 Å². The molecule has 2 aromatic carbocycles. The van der Waals surface area contributed by atoms with E-state index in [4.69, 9.17) is 16.6 Å². The second-order valence-electron chi connectivity index (χ2n) is 9.01. The highest BCUT2D eigenvalue weighted by Crippen LogP contribution is 2.30. The first-order chi connectivity index (χ1) is 17.1. The number of hydrogen-bond donors (Lipinski definition) is 0. The lowest BCUT2D eigenvalue weighted by atomic mass is 10.1. The van der Waals surface area contributed by atoms with Gasteiger partial charge in [0, 0.05) is 36.2 Å². The third-order valence-corrected chi connectivity index (χ3v) is 6.92. The zero-order valence-corrected chi connectivity index (χ0v) is 20.1. The van der Waals surface area contributed by atoms with E-state index in [1.54, 1.807) is 29.0 Å². The molecule has 174 valence electrons. The van der Waals surface area contributed by atoms with Crippen molar-refractivity contribution in [3.63, 3.8) is 0 Å². The third kappa shape index (κ3) is 3.95. The Balaban J connectivity index is 1.46. The molecule has 5 aromatic rings. The first-order valence-corrected chi connectivity index (χ1v) is 12.1. The summed E-state index contributed by atoms with van der Waals surface area (Å²) in [6.45, 7) is 2.17. The molecule has 1 atom stereocenters. The first kappa shape index (κ1) is 21.8. The number of pyridine rings is 1. The van der Waals surface area contributed by atoms with E-state index in [2.05, 4.69) is 52.0 Å². The summed E-state index contributed by atoms with van der Waals surface area (Å²) in [7, 11) is 2.17. The fourth-order valence-corrected chi connectivity index (χ4v) is 5.04. The third-order valence-electron chi connectivity index (χ3n) is 6.69. The zero-order valence-electron chi connectivity index (χ0n) is 19.3. The number of hydrogen-bond acceptors (Lipinski definition) is 4. The highest BCUT2D eigenvalue weighted by atomic mass is 35.5. The Labute approximate surface area is 208 Å². The number of rotatable bonds is 4. The molecule has 0 spiro atoms. The number of para-hydroxylation sites is 1. The lowest BCUT2D eigenvalue weighted by molar-refractivity contribution is 0.393. The SMILES string of the molecule is CN1CCC(n2cccc2-c2ccc(-c3nc4ccccc4c(=O)n3-c3ccc(Cl)cn3)cc2)C1. The van der Waals surface area contributed by atoms with Gasteiger partial charge in [0.15, 0.2) is 0 Å². The molecule has 0 aliphatic carbocycles. The van der Waals surface area contributed by atoms with Gasteiger partial charge < -0.3 is 9.47 Å². The molecule has 1 aliphatic rings. The number of nitrogens with zero attached hydrogens (tertiary/aromatic N) is 5. The van der Waals surface area contributed by atoms with E-state index in [9.17, 15) is 4.79 Å². The van der Waals surface area contributed by atoms with Crippen molar-refractivity contribution in [3.05, 3.63) is 101 Å². The van der Waals surface area contributed by atoms with E-state index in [-0.39, 0.29) is 5.56 Å². The van der Waals surface area contributed by atoms with E-state index < -0.39 is 0 Å². The van der Waals surface area contributed by atoms with Crippen LogP contribution in [0.2, 0.25) is 5.02 Å². The average molecular weight is 482 g/mol. The summed E-state index contributed by atoms with van der Waals surface area (Å²) in [4.78, 5) is 25.2. The second-order valence-corrected chi connectivity index (χ2v) is 9.45. The Hall–Kier alpha value is -3.74. The van der Waals surface area contributed by atoms with Gasteiger partial charge in [0.1, 0.15) is 11.6 Å². The van der Waals surface area contributed by atoms with Gasteiger partial charge in [0.25, 0.3) is 5.56 Å². The molecule has 3 aromatic heterocycles. The Morgan fingerprint density at radius 2 is 1.74 bits per heavy atom. The zero-order chi connectivity index (χ0) is 23.9. The van der Waals surface area contributed by atoms with Gasteiger partial charge in [-0.2, -0.15) is 0 Å². The predicted molar refractivity (Wildman–Crippen MR) is 140 cm³/mol. The molecule has 1 aliphatic heterocycles. The summed E-state index contributed by atoms with van der Waals surface area (Å²) in [6.07, 6.45) is 4.86. The summed E-state index contributed by atoms with van der Waals surface area (Å²) in [5.74, 6) is 1.03. The van der Waals surface area contributed by atoms with E-state index >= 15 is 0 Å². The summed E-state index contributed by atoms with van der Waals surface area (Å²) >= 11 is 6.05. The summed E-state index contributed by atoms with van der Waals surface area (Å²) < 4.78 is 3.94. The van der Waals surface area contributed by atoms with Crippen molar-refractivity contribution in [3.8, 4) is 28.5 Å². The normalized spacial score (nSPS) is 16.2. The average Bonchev–Trinajstić information content (AvgIpc) is 3.54. The number of aromatic nitrogens is 4. The maximum Gasteiger partial charge on any atom is 0.267 e. The van der Waals surface area contributed by atoms with Gasteiger partial charge in [-0.25, -0.2) is 14.5 Å². The molecule has 4 heterocycles. The lowest BCUT2D eigenvalue weighted by Gasteiger charge is -2.17. The summed E-state index contributed by atoms with van der Waals surface area (Å²) in [5, 5.41) is 1.06. The minimum Gasteiger partial charge on any atom is -0.343 e. The van der Waals surface area contributed by atoms with Crippen LogP contribution in [0, 0.1) is 0 Å². The van der Waals surface area contributed by atoms with Crippen LogP contribution in [0.4, 0.5) is 0 Å². The van der Waals surface area contributed by atoms with Crippen LogP contribution in [0.3, 0.4) is 0 Å². The number of likely N-dealkylation sites (N-methyl/N-ethyl adjacent to an activating group) is 1. The van der Waals surface area contributed by atoms with Gasteiger partial charge in [0.05, 0.1) is 15.9 Å². The molecule has 6 nitrogen and oxygen atoms in total. The monoisotopic (exact) mass is 481 g/mol. The molecule has 1 unspecified atom stereocenters. The first-order valence-electron chi connectivity index (χ1n) is 11.7. The van der Waals surface area contributed by atoms with Crippen LogP contribution in [0.25, 0.3) is 39.4 Å². The standard InChI is InChI=1S/C28H24ClN5O/c1-32-16-14-22(18-32)33-15-4-7-25(33)19-8-10-20(11-9-19)27-31-24-6-3-2-5-23(24)28(35)34(27)26-13-12-21(29)17-30-26/h2-13,15,17,22H,14,16,18H2,1H3. The molecule has 1 fully saturated rings. The van der Waals surface area contributed by atoms with Gasteiger partial charge in [-0.05, 0) is 62.0 Å². The fourth-order valence-electron chi connectivity index (χ4n) is 4.93. The topological polar surface area (TPSA) is 56.0 Å². The summed E-state index contributed by atoms with van der Waals surface area (Å²) in [6, 6.07) is 23.8. The quantitative estimate of drug-likeness (QED) is 0.342. The molecular weight excluding hydrogens is 458 g/mol. The number of halogens is 1. The van der Waals surface area contributed by atoms with Crippen molar-refractivity contribution in [2.75, 3.05) is 20.1 Å². The Kier molecular flexibility index (Phi) is 5.47. The highest BCUT2D eigenvalue weighted by Gasteiger charge is 2.23. The molecule has 7 heteroatoms. The van der Waals surface area contributed by atoms with Crippen LogP contribution in [0.5, 0.6) is 0 Å². The van der Waals surface area contributed by atoms with Crippen LogP contribution >= 0.6 is 11.6 Å². The Morgan fingerprint density at radius 3 is 2.49 bits per heavy atom. The highest BCUT2D eigenvalue weighted by molar-refractivity contribution is 6.30. The van der Waals surface area contributed by atoms with Gasteiger partial charge in [0.2, 0.25) is 0 Å². The largest absolute Gasteiger partial charge is 0.343 e. The van der Waals surface area contributed by atoms with Gasteiger partial charge in [-0.3, -0.25) is 4.79 Å². The van der Waals surface area contributed by atoms with Gasteiger partial charge >= 0.3 is 0 Å².